The number of hydrogen-bond donors (Lipinski definition) is 1. The van der Waals surface area contributed by atoms with Crippen molar-refractivity contribution in [1.29, 1.82) is 0 Å². The Morgan fingerprint density at radius 1 is 1.00 bits per heavy atom. The summed E-state index contributed by atoms with van der Waals surface area (Å²) in [6.07, 6.45) is 0. The number of amides is 1. The molecule has 21 heavy (non-hydrogen) atoms. The molecule has 0 unspecified atom stereocenters. The average molecular weight is 299 g/mol. The SMILES string of the molecule is Cc1ccc(SCCNC(=O)c2ccc(C)cc2C)cc1. The van der Waals surface area contributed by atoms with Crippen LogP contribution >= 0.6 is 11.8 Å². The molecule has 0 bridgehead atoms. The van der Waals surface area contributed by atoms with Crippen LogP contribution in [0, 0.1) is 20.8 Å². The molecular formula is C18H21NOS. The Hall–Kier alpha value is -1.74. The van der Waals surface area contributed by atoms with Crippen molar-refractivity contribution < 1.29 is 4.79 Å². The minimum Gasteiger partial charge on any atom is -0.351 e. The molecule has 0 spiro atoms. The second kappa shape index (κ2) is 7.32. The van der Waals surface area contributed by atoms with Crippen LogP contribution in [-0.4, -0.2) is 18.2 Å². The molecule has 3 heteroatoms. The van der Waals surface area contributed by atoms with Crippen molar-refractivity contribution in [1.82, 2.24) is 5.32 Å². The van der Waals surface area contributed by atoms with Gasteiger partial charge in [-0.15, -0.1) is 11.8 Å². The third kappa shape index (κ3) is 4.64. The molecule has 0 fully saturated rings. The zero-order chi connectivity index (χ0) is 15.2. The number of benzene rings is 2. The fourth-order valence-corrected chi connectivity index (χ4v) is 2.90. The first kappa shape index (κ1) is 15.6. The van der Waals surface area contributed by atoms with E-state index in [-0.39, 0.29) is 5.91 Å². The minimum atomic E-state index is 0.0111. The van der Waals surface area contributed by atoms with E-state index in [4.69, 9.17) is 0 Å². The highest BCUT2D eigenvalue weighted by atomic mass is 32.2. The van der Waals surface area contributed by atoms with Gasteiger partial charge in [-0.1, -0.05) is 35.4 Å². The summed E-state index contributed by atoms with van der Waals surface area (Å²) in [5.41, 5.74) is 4.24. The van der Waals surface area contributed by atoms with Crippen molar-refractivity contribution in [2.75, 3.05) is 12.3 Å². The Bertz CT molecular complexity index is 620. The monoisotopic (exact) mass is 299 g/mol. The molecule has 0 atom stereocenters. The lowest BCUT2D eigenvalue weighted by Gasteiger charge is -2.08. The summed E-state index contributed by atoms with van der Waals surface area (Å²) in [7, 11) is 0. The van der Waals surface area contributed by atoms with Crippen LogP contribution in [0.5, 0.6) is 0 Å². The highest BCUT2D eigenvalue weighted by molar-refractivity contribution is 7.99. The summed E-state index contributed by atoms with van der Waals surface area (Å²) in [6.45, 7) is 6.76. The van der Waals surface area contributed by atoms with Crippen molar-refractivity contribution in [2.24, 2.45) is 0 Å². The van der Waals surface area contributed by atoms with Crippen LogP contribution in [-0.2, 0) is 0 Å². The van der Waals surface area contributed by atoms with Gasteiger partial charge in [0.1, 0.15) is 0 Å². The number of carbonyl (C=O) groups is 1. The van der Waals surface area contributed by atoms with Crippen LogP contribution in [0.25, 0.3) is 0 Å². The standard InChI is InChI=1S/C18H21NOS/c1-13-4-7-16(8-5-13)21-11-10-19-18(20)17-9-6-14(2)12-15(17)3/h4-9,12H,10-11H2,1-3H3,(H,19,20). The molecular weight excluding hydrogens is 278 g/mol. The summed E-state index contributed by atoms with van der Waals surface area (Å²) in [5.74, 6) is 0.886. The molecule has 110 valence electrons. The lowest BCUT2D eigenvalue weighted by Crippen LogP contribution is -2.26. The van der Waals surface area contributed by atoms with Crippen LogP contribution in [0.2, 0.25) is 0 Å². The van der Waals surface area contributed by atoms with Gasteiger partial charge in [0.25, 0.3) is 5.91 Å². The lowest BCUT2D eigenvalue weighted by molar-refractivity contribution is 0.0955. The van der Waals surface area contributed by atoms with E-state index in [1.807, 2.05) is 32.0 Å². The first-order chi connectivity index (χ1) is 10.1. The molecule has 0 heterocycles. The van der Waals surface area contributed by atoms with Crippen molar-refractivity contribution in [3.05, 3.63) is 64.7 Å². The number of aryl methyl sites for hydroxylation is 3. The summed E-state index contributed by atoms with van der Waals surface area (Å²) < 4.78 is 0. The second-order valence-electron chi connectivity index (χ2n) is 5.24. The van der Waals surface area contributed by atoms with E-state index in [0.29, 0.717) is 6.54 Å². The third-order valence-corrected chi connectivity index (χ3v) is 4.32. The molecule has 0 aromatic heterocycles. The van der Waals surface area contributed by atoms with Gasteiger partial charge in [-0.25, -0.2) is 0 Å². The molecule has 2 nitrogen and oxygen atoms in total. The Morgan fingerprint density at radius 2 is 1.67 bits per heavy atom. The third-order valence-electron chi connectivity index (χ3n) is 3.30. The molecule has 2 aromatic carbocycles. The van der Waals surface area contributed by atoms with E-state index in [1.165, 1.54) is 16.0 Å². The van der Waals surface area contributed by atoms with Crippen LogP contribution in [0.3, 0.4) is 0 Å². The molecule has 0 saturated carbocycles. The number of carbonyl (C=O) groups excluding carboxylic acids is 1. The maximum atomic E-state index is 12.1. The number of thioether (sulfide) groups is 1. The van der Waals surface area contributed by atoms with Gasteiger partial charge >= 0.3 is 0 Å². The largest absolute Gasteiger partial charge is 0.351 e. The van der Waals surface area contributed by atoms with Gasteiger partial charge in [0.15, 0.2) is 0 Å². The van der Waals surface area contributed by atoms with E-state index < -0.39 is 0 Å². The predicted octanol–water partition coefficient (Wildman–Crippen LogP) is 4.13. The molecule has 0 aliphatic heterocycles. The number of rotatable bonds is 5. The molecule has 2 aromatic rings. The highest BCUT2D eigenvalue weighted by Crippen LogP contribution is 2.17. The van der Waals surface area contributed by atoms with Gasteiger partial charge < -0.3 is 5.32 Å². The zero-order valence-corrected chi connectivity index (χ0v) is 13.6. The van der Waals surface area contributed by atoms with E-state index in [1.54, 1.807) is 11.8 Å². The fourth-order valence-electron chi connectivity index (χ4n) is 2.13. The molecule has 1 amide bonds. The predicted molar refractivity (Wildman–Crippen MR) is 90.2 cm³/mol. The number of hydrogen-bond acceptors (Lipinski definition) is 2. The normalized spacial score (nSPS) is 10.4. The van der Waals surface area contributed by atoms with Crippen molar-refractivity contribution in [3.63, 3.8) is 0 Å². The first-order valence-corrected chi connectivity index (χ1v) is 8.10. The summed E-state index contributed by atoms with van der Waals surface area (Å²) in [4.78, 5) is 13.3. The maximum Gasteiger partial charge on any atom is 0.251 e. The van der Waals surface area contributed by atoms with Crippen LogP contribution in [0.4, 0.5) is 0 Å². The molecule has 0 saturated heterocycles. The van der Waals surface area contributed by atoms with Crippen LogP contribution < -0.4 is 5.32 Å². The first-order valence-electron chi connectivity index (χ1n) is 7.11. The molecule has 2 rings (SSSR count). The second-order valence-corrected chi connectivity index (χ2v) is 6.40. The van der Waals surface area contributed by atoms with Gasteiger partial charge in [-0.2, -0.15) is 0 Å². The smallest absolute Gasteiger partial charge is 0.251 e. The quantitative estimate of drug-likeness (QED) is 0.664. The molecule has 0 aliphatic carbocycles. The zero-order valence-electron chi connectivity index (χ0n) is 12.8. The Morgan fingerprint density at radius 3 is 2.33 bits per heavy atom. The van der Waals surface area contributed by atoms with Crippen molar-refractivity contribution in [2.45, 2.75) is 25.7 Å². The van der Waals surface area contributed by atoms with E-state index >= 15 is 0 Å². The summed E-state index contributed by atoms with van der Waals surface area (Å²) in [6, 6.07) is 14.4. The minimum absolute atomic E-state index is 0.0111. The van der Waals surface area contributed by atoms with Gasteiger partial charge in [0.05, 0.1) is 0 Å². The summed E-state index contributed by atoms with van der Waals surface area (Å²) >= 11 is 1.76. The number of nitrogens with one attached hydrogen (secondary N) is 1. The Labute approximate surface area is 131 Å². The van der Waals surface area contributed by atoms with E-state index in [0.717, 1.165) is 16.9 Å². The van der Waals surface area contributed by atoms with Gasteiger partial charge in [-0.3, -0.25) is 4.79 Å². The maximum absolute atomic E-state index is 12.1. The summed E-state index contributed by atoms with van der Waals surface area (Å²) in [5, 5.41) is 2.98. The van der Waals surface area contributed by atoms with Gasteiger partial charge in [0, 0.05) is 22.8 Å². The highest BCUT2D eigenvalue weighted by Gasteiger charge is 2.07. The van der Waals surface area contributed by atoms with Gasteiger partial charge in [-0.05, 0) is 44.5 Å². The lowest BCUT2D eigenvalue weighted by atomic mass is 10.1. The topological polar surface area (TPSA) is 29.1 Å². The fraction of sp³-hybridized carbons (Fsp3) is 0.278. The van der Waals surface area contributed by atoms with Crippen molar-refractivity contribution in [3.8, 4) is 0 Å². The average Bonchev–Trinajstić information content (AvgIpc) is 2.45. The van der Waals surface area contributed by atoms with Gasteiger partial charge in [0.2, 0.25) is 0 Å². The van der Waals surface area contributed by atoms with Crippen LogP contribution in [0.15, 0.2) is 47.4 Å². The van der Waals surface area contributed by atoms with E-state index in [2.05, 4.69) is 36.5 Å². The van der Waals surface area contributed by atoms with E-state index in [9.17, 15) is 4.79 Å². The van der Waals surface area contributed by atoms with Crippen molar-refractivity contribution >= 4 is 17.7 Å². The Kier molecular flexibility index (Phi) is 5.45. The van der Waals surface area contributed by atoms with Crippen LogP contribution in [0.1, 0.15) is 27.0 Å². The molecule has 1 N–H and O–H groups in total. The molecule has 0 aliphatic rings. The molecule has 0 radical (unpaired) electrons. The Balaban J connectivity index is 1.80.